The van der Waals surface area contributed by atoms with Gasteiger partial charge in [-0.05, 0) is 13.3 Å². The third-order valence-corrected chi connectivity index (χ3v) is 6.36. The van der Waals surface area contributed by atoms with Crippen molar-refractivity contribution in [3.8, 4) is 5.88 Å². The number of rotatable bonds is 5. The van der Waals surface area contributed by atoms with Crippen LogP contribution in [0.5, 0.6) is 5.88 Å². The fraction of sp³-hybridized carbons (Fsp3) is 0.565. The Hall–Kier alpha value is -3.50. The number of methoxy groups -OCH3 is 1. The van der Waals surface area contributed by atoms with Gasteiger partial charge in [-0.1, -0.05) is 19.0 Å². The smallest absolute Gasteiger partial charge is 0.324 e. The number of anilines is 1. The van der Waals surface area contributed by atoms with Crippen LogP contribution in [0.1, 0.15) is 63.9 Å². The van der Waals surface area contributed by atoms with E-state index < -0.39 is 0 Å². The molecule has 34 heavy (non-hydrogen) atoms. The Kier molecular flexibility index (Phi) is 5.93. The number of hydrogen-bond donors (Lipinski definition) is 0. The summed E-state index contributed by atoms with van der Waals surface area (Å²) in [5, 5.41) is 8.79. The van der Waals surface area contributed by atoms with Crippen molar-refractivity contribution in [1.82, 2.24) is 29.9 Å². The van der Waals surface area contributed by atoms with Gasteiger partial charge in [-0.2, -0.15) is 15.1 Å². The molecule has 11 heteroatoms. The fourth-order valence-corrected chi connectivity index (χ4v) is 4.48. The van der Waals surface area contributed by atoms with Crippen LogP contribution in [0.15, 0.2) is 21.5 Å². The molecule has 5 heterocycles. The number of piperidine rings is 1. The average molecular weight is 467 g/mol. The Morgan fingerprint density at radius 1 is 1.12 bits per heavy atom. The van der Waals surface area contributed by atoms with Crippen molar-refractivity contribution in [2.24, 2.45) is 12.0 Å². The van der Waals surface area contributed by atoms with Crippen molar-refractivity contribution in [3.63, 3.8) is 0 Å². The van der Waals surface area contributed by atoms with Crippen LogP contribution in [-0.4, -0.2) is 62.1 Å². The number of aliphatic imine (C=N–C) groups is 1. The van der Waals surface area contributed by atoms with E-state index in [-0.39, 0.29) is 12.0 Å². The Morgan fingerprint density at radius 2 is 1.91 bits per heavy atom. The van der Waals surface area contributed by atoms with Gasteiger partial charge in [0.25, 0.3) is 0 Å². The maximum atomic E-state index is 6.33. The lowest BCUT2D eigenvalue weighted by Gasteiger charge is -2.30. The molecular formula is C23H30N8O3. The van der Waals surface area contributed by atoms with Crippen molar-refractivity contribution in [2.45, 2.75) is 58.5 Å². The van der Waals surface area contributed by atoms with Crippen molar-refractivity contribution in [2.75, 3.05) is 25.1 Å². The molecule has 0 aliphatic carbocycles. The third-order valence-electron chi connectivity index (χ3n) is 6.36. The van der Waals surface area contributed by atoms with Crippen LogP contribution in [0.3, 0.4) is 0 Å². The van der Waals surface area contributed by atoms with Crippen LogP contribution in [0.4, 0.5) is 6.01 Å². The van der Waals surface area contributed by atoms with E-state index in [0.717, 1.165) is 73.0 Å². The molecule has 0 atom stereocenters. The van der Waals surface area contributed by atoms with Crippen molar-refractivity contribution >= 4 is 28.5 Å². The number of allylic oxidation sites excluding steroid dienone is 2. The van der Waals surface area contributed by atoms with E-state index in [1.165, 1.54) is 0 Å². The number of ether oxygens (including phenoxy) is 2. The first-order chi connectivity index (χ1) is 16.4. The van der Waals surface area contributed by atoms with Crippen LogP contribution in [0, 0.1) is 0 Å². The van der Waals surface area contributed by atoms with E-state index in [0.29, 0.717) is 17.4 Å². The standard InChI is InChI=1S/C23H30N8O3/c1-13(2)21-27-23(34-29-21)31-10-8-15(9-11-31)33-22-19-18(24-12-25-22)20(30(4)28-19)16-6-7-17(32-5)26-14(16)3/h12-13,15H,6-11H2,1-5H3. The van der Waals surface area contributed by atoms with Gasteiger partial charge in [0.2, 0.25) is 5.88 Å². The normalized spacial score (nSPS) is 17.6. The molecule has 0 N–H and O–H groups in total. The van der Waals surface area contributed by atoms with E-state index in [1.54, 1.807) is 13.4 Å². The van der Waals surface area contributed by atoms with E-state index in [2.05, 4.69) is 43.8 Å². The highest BCUT2D eigenvalue weighted by Crippen LogP contribution is 2.35. The maximum absolute atomic E-state index is 6.33. The summed E-state index contributed by atoms with van der Waals surface area (Å²) in [6, 6.07) is 0.580. The van der Waals surface area contributed by atoms with Crippen LogP contribution in [0.2, 0.25) is 0 Å². The zero-order valence-electron chi connectivity index (χ0n) is 20.3. The van der Waals surface area contributed by atoms with Crippen molar-refractivity contribution < 1.29 is 14.0 Å². The molecule has 0 radical (unpaired) electrons. The molecule has 2 aliphatic rings. The van der Waals surface area contributed by atoms with Gasteiger partial charge in [0.1, 0.15) is 17.9 Å². The summed E-state index contributed by atoms with van der Waals surface area (Å²) in [7, 11) is 3.58. The van der Waals surface area contributed by atoms with Gasteiger partial charge in [-0.3, -0.25) is 4.68 Å². The van der Waals surface area contributed by atoms with Crippen molar-refractivity contribution in [3.05, 3.63) is 23.5 Å². The quantitative estimate of drug-likeness (QED) is 0.557. The van der Waals surface area contributed by atoms with E-state index in [4.69, 9.17) is 19.1 Å². The number of nitrogens with zero attached hydrogens (tertiary/aromatic N) is 8. The second kappa shape index (κ2) is 9.03. The zero-order valence-corrected chi connectivity index (χ0v) is 20.3. The van der Waals surface area contributed by atoms with Gasteiger partial charge < -0.3 is 18.9 Å². The molecule has 0 spiro atoms. The molecule has 3 aromatic rings. The zero-order chi connectivity index (χ0) is 23.8. The van der Waals surface area contributed by atoms with Crippen LogP contribution in [0.25, 0.3) is 16.6 Å². The lowest BCUT2D eigenvalue weighted by molar-refractivity contribution is 0.163. The first kappa shape index (κ1) is 22.3. The highest BCUT2D eigenvalue weighted by Gasteiger charge is 2.27. The van der Waals surface area contributed by atoms with Gasteiger partial charge in [-0.25, -0.2) is 9.98 Å². The van der Waals surface area contributed by atoms with Gasteiger partial charge in [0, 0.05) is 56.6 Å². The molecule has 180 valence electrons. The van der Waals surface area contributed by atoms with Crippen LogP contribution < -0.4 is 9.64 Å². The summed E-state index contributed by atoms with van der Waals surface area (Å²) in [5.74, 6) is 2.23. The summed E-state index contributed by atoms with van der Waals surface area (Å²) in [6.07, 6.45) is 4.79. The predicted molar refractivity (Wildman–Crippen MR) is 127 cm³/mol. The SMILES string of the molecule is COC1=NC(C)=C(c2c3ncnc(OC4CCN(c5nc(C(C)C)no5)CC4)c3nn2C)CC1. The lowest BCUT2D eigenvalue weighted by atomic mass is 10.0. The molecule has 1 saturated heterocycles. The Morgan fingerprint density at radius 3 is 2.59 bits per heavy atom. The average Bonchev–Trinajstić information content (AvgIpc) is 3.45. The highest BCUT2D eigenvalue weighted by molar-refractivity contribution is 5.93. The lowest BCUT2D eigenvalue weighted by Crippen LogP contribution is -2.38. The molecule has 5 rings (SSSR count). The largest absolute Gasteiger partial charge is 0.484 e. The minimum absolute atomic E-state index is 0.0248. The first-order valence-corrected chi connectivity index (χ1v) is 11.7. The molecule has 2 aliphatic heterocycles. The van der Waals surface area contributed by atoms with E-state index in [1.807, 2.05) is 18.7 Å². The molecule has 0 unspecified atom stereocenters. The number of hydrogen-bond acceptors (Lipinski definition) is 10. The summed E-state index contributed by atoms with van der Waals surface area (Å²) in [6.45, 7) is 7.65. The molecule has 0 bridgehead atoms. The molecule has 3 aromatic heterocycles. The molecule has 0 amide bonds. The van der Waals surface area contributed by atoms with Gasteiger partial charge >= 0.3 is 6.01 Å². The summed E-state index contributed by atoms with van der Waals surface area (Å²) < 4.78 is 18.9. The van der Waals surface area contributed by atoms with Crippen LogP contribution in [-0.2, 0) is 11.8 Å². The third kappa shape index (κ3) is 4.10. The summed E-state index contributed by atoms with van der Waals surface area (Å²) in [4.78, 5) is 20.2. The van der Waals surface area contributed by atoms with Gasteiger partial charge in [0.05, 0.1) is 12.8 Å². The topological polar surface area (TPSA) is 117 Å². The second-order valence-corrected chi connectivity index (χ2v) is 9.02. The highest BCUT2D eigenvalue weighted by atomic mass is 16.5. The summed E-state index contributed by atoms with van der Waals surface area (Å²) >= 11 is 0. The fourth-order valence-electron chi connectivity index (χ4n) is 4.48. The van der Waals surface area contributed by atoms with Gasteiger partial charge in [-0.15, -0.1) is 0 Å². The molecule has 1 fully saturated rings. The minimum atomic E-state index is 0.0248. The first-order valence-electron chi connectivity index (χ1n) is 11.7. The Balaban J connectivity index is 1.34. The van der Waals surface area contributed by atoms with E-state index in [9.17, 15) is 0 Å². The summed E-state index contributed by atoms with van der Waals surface area (Å²) in [5.41, 5.74) is 4.43. The molecular weight excluding hydrogens is 436 g/mol. The number of aromatic nitrogens is 6. The minimum Gasteiger partial charge on any atom is -0.484 e. The van der Waals surface area contributed by atoms with Crippen LogP contribution >= 0.6 is 0 Å². The number of fused-ring (bicyclic) bond motifs is 1. The monoisotopic (exact) mass is 466 g/mol. The molecule has 0 aromatic carbocycles. The molecule has 0 saturated carbocycles. The Bertz CT molecular complexity index is 1250. The maximum Gasteiger partial charge on any atom is 0.324 e. The predicted octanol–water partition coefficient (Wildman–Crippen LogP) is 3.49. The van der Waals surface area contributed by atoms with E-state index >= 15 is 0 Å². The van der Waals surface area contributed by atoms with Gasteiger partial charge in [0.15, 0.2) is 17.2 Å². The Labute approximate surface area is 197 Å². The number of aryl methyl sites for hydroxylation is 1. The molecule has 11 nitrogen and oxygen atoms in total. The second-order valence-electron chi connectivity index (χ2n) is 9.02. The van der Waals surface area contributed by atoms with Crippen molar-refractivity contribution in [1.29, 1.82) is 0 Å².